The van der Waals surface area contributed by atoms with E-state index in [1.165, 1.54) is 6.07 Å². The van der Waals surface area contributed by atoms with Gasteiger partial charge in [0.2, 0.25) is 0 Å². The molecule has 25 heavy (non-hydrogen) atoms. The van der Waals surface area contributed by atoms with Crippen molar-refractivity contribution in [2.45, 2.75) is 13.3 Å². The summed E-state index contributed by atoms with van der Waals surface area (Å²) in [7, 11) is 0. The van der Waals surface area contributed by atoms with Gasteiger partial charge in [-0.3, -0.25) is 14.8 Å². The van der Waals surface area contributed by atoms with Gasteiger partial charge in [0, 0.05) is 42.0 Å². The molecule has 5 nitrogen and oxygen atoms in total. The zero-order chi connectivity index (χ0) is 17.2. The molecule has 0 atom stereocenters. The highest BCUT2D eigenvalue weighted by molar-refractivity contribution is 5.96. The molecule has 0 radical (unpaired) electrons. The van der Waals surface area contributed by atoms with Crippen LogP contribution in [0.25, 0.3) is 33.3 Å². The van der Waals surface area contributed by atoms with Crippen LogP contribution in [-0.4, -0.2) is 19.9 Å². The predicted molar refractivity (Wildman–Crippen MR) is 98.2 cm³/mol. The van der Waals surface area contributed by atoms with Crippen LogP contribution in [0, 0.1) is 0 Å². The van der Waals surface area contributed by atoms with Crippen LogP contribution in [0.1, 0.15) is 12.7 Å². The topological polar surface area (TPSA) is 71.5 Å². The summed E-state index contributed by atoms with van der Waals surface area (Å²) in [5.41, 5.74) is 4.49. The van der Waals surface area contributed by atoms with Crippen LogP contribution in [0.15, 0.2) is 65.8 Å². The van der Waals surface area contributed by atoms with Gasteiger partial charge in [-0.15, -0.1) is 0 Å². The molecule has 0 unspecified atom stereocenters. The average Bonchev–Trinajstić information content (AvgIpc) is 2.67. The number of benzene rings is 1. The van der Waals surface area contributed by atoms with Crippen molar-refractivity contribution in [1.82, 2.24) is 19.9 Å². The molecule has 0 aliphatic rings. The monoisotopic (exact) mass is 328 g/mol. The minimum atomic E-state index is -0.137. The first kappa shape index (κ1) is 15.2. The summed E-state index contributed by atoms with van der Waals surface area (Å²) in [6.45, 7) is 1.97. The number of pyridine rings is 2. The van der Waals surface area contributed by atoms with Crippen molar-refractivity contribution in [3.05, 3.63) is 77.2 Å². The molecule has 4 aromatic rings. The third-order valence-electron chi connectivity index (χ3n) is 4.15. The van der Waals surface area contributed by atoms with E-state index in [1.54, 1.807) is 18.6 Å². The van der Waals surface area contributed by atoms with E-state index in [0.29, 0.717) is 17.9 Å². The van der Waals surface area contributed by atoms with Gasteiger partial charge in [-0.2, -0.15) is 0 Å². The first-order valence-corrected chi connectivity index (χ1v) is 8.14. The summed E-state index contributed by atoms with van der Waals surface area (Å²) in [6, 6.07) is 13.4. The molecule has 0 amide bonds. The number of nitrogens with zero attached hydrogens (tertiary/aromatic N) is 3. The van der Waals surface area contributed by atoms with Gasteiger partial charge in [-0.25, -0.2) is 4.98 Å². The maximum atomic E-state index is 11.9. The molecular formula is C20H16N4O. The molecule has 4 rings (SSSR count). The highest BCUT2D eigenvalue weighted by Crippen LogP contribution is 2.30. The SMILES string of the molecule is CCc1nc(-c2ccc3nccc(-c4ccncc4)c3c2)cc(=O)[nH]1. The van der Waals surface area contributed by atoms with Crippen molar-refractivity contribution in [2.24, 2.45) is 0 Å². The van der Waals surface area contributed by atoms with Crippen molar-refractivity contribution in [3.63, 3.8) is 0 Å². The Morgan fingerprint density at radius 1 is 0.960 bits per heavy atom. The first-order valence-electron chi connectivity index (χ1n) is 8.14. The van der Waals surface area contributed by atoms with E-state index in [-0.39, 0.29) is 5.56 Å². The Bertz CT molecular complexity index is 1100. The molecule has 1 aromatic carbocycles. The lowest BCUT2D eigenvalue weighted by molar-refractivity contribution is 0.924. The molecule has 3 aromatic heterocycles. The first-order chi connectivity index (χ1) is 12.2. The predicted octanol–water partition coefficient (Wildman–Crippen LogP) is 3.61. The fourth-order valence-electron chi connectivity index (χ4n) is 2.91. The van der Waals surface area contributed by atoms with E-state index < -0.39 is 0 Å². The molecule has 122 valence electrons. The standard InChI is InChI=1S/C20H16N4O/c1-2-19-23-18(12-20(25)24-19)14-3-4-17-16(11-14)15(7-10-22-17)13-5-8-21-9-6-13/h3-12H,2H2,1H3,(H,23,24,25). The highest BCUT2D eigenvalue weighted by Gasteiger charge is 2.09. The van der Waals surface area contributed by atoms with Crippen LogP contribution in [0.5, 0.6) is 0 Å². The number of hydrogen-bond acceptors (Lipinski definition) is 4. The summed E-state index contributed by atoms with van der Waals surface area (Å²) in [5, 5.41) is 1.02. The lowest BCUT2D eigenvalue weighted by Gasteiger charge is -2.09. The maximum absolute atomic E-state index is 11.9. The Morgan fingerprint density at radius 3 is 2.60 bits per heavy atom. The molecule has 3 heterocycles. The number of rotatable bonds is 3. The Morgan fingerprint density at radius 2 is 1.80 bits per heavy atom. The number of fused-ring (bicyclic) bond motifs is 1. The lowest BCUT2D eigenvalue weighted by Crippen LogP contribution is -2.10. The summed E-state index contributed by atoms with van der Waals surface area (Å²) in [4.78, 5) is 27.7. The molecule has 0 saturated carbocycles. The van der Waals surface area contributed by atoms with Gasteiger partial charge >= 0.3 is 0 Å². The third kappa shape index (κ3) is 2.92. The smallest absolute Gasteiger partial charge is 0.251 e. The van der Waals surface area contributed by atoms with E-state index in [9.17, 15) is 4.79 Å². The van der Waals surface area contributed by atoms with Crippen molar-refractivity contribution < 1.29 is 0 Å². The second-order valence-corrected chi connectivity index (χ2v) is 5.76. The summed E-state index contributed by atoms with van der Waals surface area (Å²) >= 11 is 0. The summed E-state index contributed by atoms with van der Waals surface area (Å²) in [5.74, 6) is 0.683. The van der Waals surface area contributed by atoms with E-state index >= 15 is 0 Å². The van der Waals surface area contributed by atoms with Crippen molar-refractivity contribution in [2.75, 3.05) is 0 Å². The van der Waals surface area contributed by atoms with E-state index in [4.69, 9.17) is 0 Å². The summed E-state index contributed by atoms with van der Waals surface area (Å²) in [6.07, 6.45) is 6.04. The molecule has 0 fully saturated rings. The van der Waals surface area contributed by atoms with Gasteiger partial charge in [-0.05, 0) is 41.5 Å². The van der Waals surface area contributed by atoms with Gasteiger partial charge < -0.3 is 4.98 Å². The van der Waals surface area contributed by atoms with Gasteiger partial charge in [0.05, 0.1) is 11.2 Å². The normalized spacial score (nSPS) is 10.9. The van der Waals surface area contributed by atoms with Crippen molar-refractivity contribution in [1.29, 1.82) is 0 Å². The fraction of sp³-hybridized carbons (Fsp3) is 0.100. The molecule has 0 spiro atoms. The number of aryl methyl sites for hydroxylation is 1. The molecule has 0 saturated heterocycles. The number of nitrogens with one attached hydrogen (secondary N) is 1. The van der Waals surface area contributed by atoms with E-state index in [0.717, 1.165) is 27.6 Å². The quantitative estimate of drug-likeness (QED) is 0.623. The molecule has 5 heteroatoms. The molecular weight excluding hydrogens is 312 g/mol. The molecule has 0 aliphatic heterocycles. The Hall–Kier alpha value is -3.34. The minimum absolute atomic E-state index is 0.137. The zero-order valence-electron chi connectivity index (χ0n) is 13.7. The fourth-order valence-corrected chi connectivity index (χ4v) is 2.91. The number of H-pyrrole nitrogens is 1. The Balaban J connectivity index is 1.93. The third-order valence-corrected chi connectivity index (χ3v) is 4.15. The second kappa shape index (κ2) is 6.28. The van der Waals surface area contributed by atoms with E-state index in [1.807, 2.05) is 43.3 Å². The van der Waals surface area contributed by atoms with E-state index in [2.05, 4.69) is 19.9 Å². The molecule has 0 aliphatic carbocycles. The van der Waals surface area contributed by atoms with Crippen molar-refractivity contribution >= 4 is 10.9 Å². The van der Waals surface area contributed by atoms with Gasteiger partial charge in [-0.1, -0.05) is 13.0 Å². The Kier molecular flexibility index (Phi) is 3.82. The van der Waals surface area contributed by atoms with Crippen molar-refractivity contribution in [3.8, 4) is 22.4 Å². The number of aromatic amines is 1. The largest absolute Gasteiger partial charge is 0.311 e. The van der Waals surface area contributed by atoms with Crippen LogP contribution in [0.2, 0.25) is 0 Å². The van der Waals surface area contributed by atoms with Crippen LogP contribution in [0.3, 0.4) is 0 Å². The number of aromatic nitrogens is 4. The Labute approximate surface area is 144 Å². The lowest BCUT2D eigenvalue weighted by atomic mass is 9.99. The van der Waals surface area contributed by atoms with Gasteiger partial charge in [0.25, 0.3) is 5.56 Å². The van der Waals surface area contributed by atoms with Crippen LogP contribution >= 0.6 is 0 Å². The number of hydrogen-bond donors (Lipinski definition) is 1. The summed E-state index contributed by atoms with van der Waals surface area (Å²) < 4.78 is 0. The van der Waals surface area contributed by atoms with Crippen LogP contribution < -0.4 is 5.56 Å². The zero-order valence-corrected chi connectivity index (χ0v) is 13.7. The minimum Gasteiger partial charge on any atom is -0.311 e. The maximum Gasteiger partial charge on any atom is 0.251 e. The van der Waals surface area contributed by atoms with Gasteiger partial charge in [0.15, 0.2) is 0 Å². The van der Waals surface area contributed by atoms with Gasteiger partial charge in [0.1, 0.15) is 5.82 Å². The second-order valence-electron chi connectivity index (χ2n) is 5.76. The van der Waals surface area contributed by atoms with Crippen LogP contribution in [0.4, 0.5) is 0 Å². The highest BCUT2D eigenvalue weighted by atomic mass is 16.1. The molecule has 1 N–H and O–H groups in total. The van der Waals surface area contributed by atoms with Crippen LogP contribution in [-0.2, 0) is 6.42 Å². The molecule has 0 bridgehead atoms. The average molecular weight is 328 g/mol.